The minimum absolute atomic E-state index is 0.0589. The maximum atomic E-state index is 13.0. The van der Waals surface area contributed by atoms with E-state index < -0.39 is 17.8 Å². The van der Waals surface area contributed by atoms with Crippen molar-refractivity contribution < 1.29 is 24.3 Å². The Morgan fingerprint density at radius 3 is 2.17 bits per heavy atom. The molecule has 0 fully saturated rings. The number of carbonyl (C=O) groups is 4. The molecule has 10 heteroatoms. The molecule has 3 amide bonds. The third-order valence-corrected chi connectivity index (χ3v) is 6.27. The van der Waals surface area contributed by atoms with Gasteiger partial charge in [0.1, 0.15) is 10.7 Å². The summed E-state index contributed by atoms with van der Waals surface area (Å²) in [6, 6.07) is 17.5. The average molecular weight is 524 g/mol. The molecule has 1 aliphatic rings. The largest absolute Gasteiger partial charge is 0.478 e. The van der Waals surface area contributed by atoms with Gasteiger partial charge < -0.3 is 15.7 Å². The minimum Gasteiger partial charge on any atom is -0.478 e. The molecule has 0 atom stereocenters. The molecule has 0 unspecified atom stereocenters. The summed E-state index contributed by atoms with van der Waals surface area (Å²) in [6.07, 6.45) is 0.0731. The number of halogens is 2. The van der Waals surface area contributed by atoms with Gasteiger partial charge in [0.05, 0.1) is 17.7 Å². The molecule has 3 aromatic rings. The van der Waals surface area contributed by atoms with Crippen molar-refractivity contribution in [3.8, 4) is 0 Å². The molecule has 0 aromatic heterocycles. The van der Waals surface area contributed by atoms with Crippen LogP contribution >= 0.6 is 23.2 Å². The van der Waals surface area contributed by atoms with Gasteiger partial charge >= 0.3 is 5.97 Å². The second-order valence-corrected chi connectivity index (χ2v) is 8.73. The highest BCUT2D eigenvalue weighted by Crippen LogP contribution is 2.34. The van der Waals surface area contributed by atoms with Crippen LogP contribution in [-0.2, 0) is 20.8 Å². The first kappa shape index (κ1) is 25.0. The molecule has 0 aliphatic carbocycles. The fourth-order valence-electron chi connectivity index (χ4n) is 3.61. The van der Waals surface area contributed by atoms with Crippen LogP contribution in [0.5, 0.6) is 0 Å². The number of nitrogens with one attached hydrogen (secondary N) is 2. The molecule has 182 valence electrons. The standard InChI is InChI=1S/C26H19Cl2N3O5/c1-14-19(27)3-2-4-20(14)31-24(33)22(28)23(25(31)34)30-18-9-5-15(6-10-18)13-21(32)29-17-11-7-16(8-12-17)26(35)36/h2-12,30H,13H2,1H3,(H,29,32)(H,35,36). The van der Waals surface area contributed by atoms with Crippen molar-refractivity contribution in [2.45, 2.75) is 13.3 Å². The lowest BCUT2D eigenvalue weighted by Gasteiger charge is -2.18. The normalized spacial score (nSPS) is 13.2. The van der Waals surface area contributed by atoms with Crippen molar-refractivity contribution in [1.82, 2.24) is 0 Å². The highest BCUT2D eigenvalue weighted by molar-refractivity contribution is 6.53. The van der Waals surface area contributed by atoms with E-state index in [9.17, 15) is 19.2 Å². The number of nitrogens with zero attached hydrogens (tertiary/aromatic N) is 1. The van der Waals surface area contributed by atoms with Gasteiger partial charge in [0, 0.05) is 16.4 Å². The van der Waals surface area contributed by atoms with Crippen LogP contribution in [0, 0.1) is 6.92 Å². The number of hydrogen-bond acceptors (Lipinski definition) is 5. The molecule has 0 radical (unpaired) electrons. The smallest absolute Gasteiger partial charge is 0.335 e. The van der Waals surface area contributed by atoms with E-state index in [0.717, 1.165) is 4.90 Å². The van der Waals surface area contributed by atoms with Crippen molar-refractivity contribution >= 4 is 64.0 Å². The molecule has 1 aliphatic heterocycles. The maximum absolute atomic E-state index is 13.0. The number of aromatic carboxylic acids is 1. The van der Waals surface area contributed by atoms with Crippen LogP contribution in [0.1, 0.15) is 21.5 Å². The van der Waals surface area contributed by atoms with Crippen molar-refractivity contribution in [3.63, 3.8) is 0 Å². The number of anilines is 3. The Kier molecular flexibility index (Phi) is 7.10. The van der Waals surface area contributed by atoms with Gasteiger partial charge in [0.15, 0.2) is 0 Å². The van der Waals surface area contributed by atoms with Gasteiger partial charge in [-0.15, -0.1) is 0 Å². The van der Waals surface area contributed by atoms with Gasteiger partial charge in [-0.05, 0) is 66.6 Å². The molecule has 0 spiro atoms. The van der Waals surface area contributed by atoms with Gasteiger partial charge in [-0.1, -0.05) is 41.4 Å². The summed E-state index contributed by atoms with van der Waals surface area (Å²) < 4.78 is 0. The van der Waals surface area contributed by atoms with E-state index in [4.69, 9.17) is 28.3 Å². The first-order valence-corrected chi connectivity index (χ1v) is 11.4. The summed E-state index contributed by atoms with van der Waals surface area (Å²) in [7, 11) is 0. The Bertz CT molecular complexity index is 1420. The zero-order valence-electron chi connectivity index (χ0n) is 18.8. The van der Waals surface area contributed by atoms with Crippen molar-refractivity contribution in [2.75, 3.05) is 15.5 Å². The van der Waals surface area contributed by atoms with Crippen molar-refractivity contribution in [3.05, 3.63) is 99.2 Å². The van der Waals surface area contributed by atoms with E-state index >= 15 is 0 Å². The monoisotopic (exact) mass is 523 g/mol. The van der Waals surface area contributed by atoms with Gasteiger partial charge in [0.2, 0.25) is 5.91 Å². The Morgan fingerprint density at radius 1 is 0.889 bits per heavy atom. The summed E-state index contributed by atoms with van der Waals surface area (Å²) in [4.78, 5) is 50.0. The number of hydrogen-bond donors (Lipinski definition) is 3. The Hall–Kier alpha value is -4.14. The van der Waals surface area contributed by atoms with Gasteiger partial charge in [-0.3, -0.25) is 14.4 Å². The predicted molar refractivity (Wildman–Crippen MR) is 137 cm³/mol. The van der Waals surface area contributed by atoms with E-state index in [2.05, 4.69) is 10.6 Å². The van der Waals surface area contributed by atoms with Gasteiger partial charge in [-0.2, -0.15) is 0 Å². The van der Waals surface area contributed by atoms with Crippen molar-refractivity contribution in [2.24, 2.45) is 0 Å². The van der Waals surface area contributed by atoms with E-state index in [0.29, 0.717) is 33.2 Å². The molecule has 36 heavy (non-hydrogen) atoms. The minimum atomic E-state index is -1.05. The lowest BCUT2D eigenvalue weighted by Crippen LogP contribution is -2.32. The lowest BCUT2D eigenvalue weighted by atomic mass is 10.1. The summed E-state index contributed by atoms with van der Waals surface area (Å²) in [5.74, 6) is -2.59. The fraction of sp³-hybridized carbons (Fsp3) is 0.0769. The van der Waals surface area contributed by atoms with E-state index in [1.54, 1.807) is 49.4 Å². The second-order valence-electron chi connectivity index (χ2n) is 7.95. The zero-order chi connectivity index (χ0) is 26.0. The van der Waals surface area contributed by atoms with Crippen LogP contribution in [0.15, 0.2) is 77.5 Å². The first-order valence-electron chi connectivity index (χ1n) is 10.7. The van der Waals surface area contributed by atoms with Crippen LogP contribution in [0.2, 0.25) is 5.02 Å². The Labute approximate surface area is 216 Å². The maximum Gasteiger partial charge on any atom is 0.335 e. The van der Waals surface area contributed by atoms with E-state index in [1.807, 2.05) is 0 Å². The number of carbonyl (C=O) groups excluding carboxylic acids is 3. The van der Waals surface area contributed by atoms with Gasteiger partial charge in [0.25, 0.3) is 11.8 Å². The number of benzene rings is 3. The zero-order valence-corrected chi connectivity index (χ0v) is 20.4. The quantitative estimate of drug-likeness (QED) is 0.376. The SMILES string of the molecule is Cc1c(Cl)cccc1N1C(=O)C(Cl)=C(Nc2ccc(CC(=O)Nc3ccc(C(=O)O)cc3)cc2)C1=O. The number of carboxylic acid groups (broad SMARTS) is 1. The molecule has 0 saturated carbocycles. The fourth-order valence-corrected chi connectivity index (χ4v) is 3.99. The second kappa shape index (κ2) is 10.2. The highest BCUT2D eigenvalue weighted by atomic mass is 35.5. The van der Waals surface area contributed by atoms with Crippen LogP contribution in [0.3, 0.4) is 0 Å². The lowest BCUT2D eigenvalue weighted by molar-refractivity contribution is -0.120. The summed E-state index contributed by atoms with van der Waals surface area (Å²) in [5, 5.41) is 14.7. The molecular weight excluding hydrogens is 505 g/mol. The van der Waals surface area contributed by atoms with Crippen LogP contribution in [0.25, 0.3) is 0 Å². The Balaban J connectivity index is 1.41. The van der Waals surface area contributed by atoms with Crippen LogP contribution < -0.4 is 15.5 Å². The number of amides is 3. The summed E-state index contributed by atoms with van der Waals surface area (Å²) >= 11 is 12.3. The third kappa shape index (κ3) is 5.10. The first-order chi connectivity index (χ1) is 17.2. The average Bonchev–Trinajstić information content (AvgIpc) is 3.05. The molecule has 1 heterocycles. The summed E-state index contributed by atoms with van der Waals surface area (Å²) in [5.41, 5.74) is 2.68. The molecule has 3 N–H and O–H groups in total. The van der Waals surface area contributed by atoms with Crippen LogP contribution in [0.4, 0.5) is 17.1 Å². The molecule has 0 bridgehead atoms. The topological polar surface area (TPSA) is 116 Å². The summed E-state index contributed by atoms with van der Waals surface area (Å²) in [6.45, 7) is 1.71. The number of rotatable bonds is 7. The molecule has 8 nitrogen and oxygen atoms in total. The highest BCUT2D eigenvalue weighted by Gasteiger charge is 2.39. The van der Waals surface area contributed by atoms with Crippen LogP contribution in [-0.4, -0.2) is 28.8 Å². The van der Waals surface area contributed by atoms with E-state index in [-0.39, 0.29) is 28.6 Å². The van der Waals surface area contributed by atoms with Gasteiger partial charge in [-0.25, -0.2) is 9.69 Å². The molecule has 0 saturated heterocycles. The number of carboxylic acids is 1. The molecular formula is C26H19Cl2N3O5. The van der Waals surface area contributed by atoms with Crippen molar-refractivity contribution in [1.29, 1.82) is 0 Å². The Morgan fingerprint density at radius 2 is 1.53 bits per heavy atom. The third-order valence-electron chi connectivity index (χ3n) is 5.51. The molecule has 4 rings (SSSR count). The number of imide groups is 1. The molecule has 3 aromatic carbocycles. The van der Waals surface area contributed by atoms with E-state index in [1.165, 1.54) is 24.3 Å². The predicted octanol–water partition coefficient (Wildman–Crippen LogP) is 4.96.